The van der Waals surface area contributed by atoms with E-state index in [0.717, 1.165) is 16.7 Å². The fraction of sp³-hybridized carbons (Fsp3) is 0.310. The normalized spacial score (nSPS) is 17.9. The number of carbonyl (C=O) groups excluding carboxylic acids is 1. The van der Waals surface area contributed by atoms with Gasteiger partial charge in [-0.3, -0.25) is 10.2 Å². The fourth-order valence-electron chi connectivity index (χ4n) is 4.41. The molecule has 1 amide bonds. The van der Waals surface area contributed by atoms with Crippen molar-refractivity contribution in [2.24, 2.45) is 10.1 Å². The lowest BCUT2D eigenvalue weighted by molar-refractivity contribution is -0.129. The molecule has 10 nitrogen and oxygen atoms in total. The first kappa shape index (κ1) is 28.9. The highest BCUT2D eigenvalue weighted by Gasteiger charge is 2.50. The van der Waals surface area contributed by atoms with Crippen LogP contribution < -0.4 is 15.6 Å². The molecule has 0 unspecified atom stereocenters. The smallest absolute Gasteiger partial charge is 0.266 e. The minimum Gasteiger partial charge on any atom is -0.494 e. The van der Waals surface area contributed by atoms with Crippen LogP contribution >= 0.6 is 11.6 Å². The fourth-order valence-corrected chi connectivity index (χ4v) is 4.62. The third kappa shape index (κ3) is 7.11. The second kappa shape index (κ2) is 13.8. The molecule has 0 spiro atoms. The first-order chi connectivity index (χ1) is 19.4. The Hall–Kier alpha value is -4.08. The predicted octanol–water partition coefficient (Wildman–Crippen LogP) is 4.88. The summed E-state index contributed by atoms with van der Waals surface area (Å²) in [6.45, 7) is 2.80. The molecule has 0 aliphatic carbocycles. The van der Waals surface area contributed by atoms with E-state index in [1.54, 1.807) is 18.2 Å². The van der Waals surface area contributed by atoms with Crippen LogP contribution in [0, 0.1) is 0 Å². The lowest BCUT2D eigenvalue weighted by Gasteiger charge is -2.29. The number of azide groups is 1. The van der Waals surface area contributed by atoms with Gasteiger partial charge in [0.15, 0.2) is 5.54 Å². The predicted molar refractivity (Wildman–Crippen MR) is 153 cm³/mol. The van der Waals surface area contributed by atoms with Crippen molar-refractivity contribution in [1.82, 2.24) is 10.9 Å². The van der Waals surface area contributed by atoms with Crippen molar-refractivity contribution in [3.63, 3.8) is 0 Å². The van der Waals surface area contributed by atoms with Gasteiger partial charge < -0.3 is 14.6 Å². The van der Waals surface area contributed by atoms with Gasteiger partial charge in [-0.1, -0.05) is 53.1 Å². The number of amides is 1. The first-order valence-corrected chi connectivity index (χ1v) is 13.3. The van der Waals surface area contributed by atoms with Gasteiger partial charge in [-0.05, 0) is 65.5 Å². The van der Waals surface area contributed by atoms with Crippen LogP contribution in [0.5, 0.6) is 5.75 Å². The van der Waals surface area contributed by atoms with E-state index in [0.29, 0.717) is 41.8 Å². The van der Waals surface area contributed by atoms with Gasteiger partial charge in [-0.15, -0.1) is 0 Å². The third-order valence-corrected chi connectivity index (χ3v) is 6.83. The Bertz CT molecular complexity index is 1390. The Morgan fingerprint density at radius 1 is 1.18 bits per heavy atom. The summed E-state index contributed by atoms with van der Waals surface area (Å²) in [6.07, 6.45) is 0.157. The van der Waals surface area contributed by atoms with Gasteiger partial charge in [0.05, 0.1) is 13.2 Å². The molecule has 2 atom stereocenters. The van der Waals surface area contributed by atoms with Crippen LogP contribution in [0.25, 0.3) is 10.4 Å². The number of carbonyl (C=O) groups is 1. The average Bonchev–Trinajstić information content (AvgIpc) is 3.29. The second-order valence-corrected chi connectivity index (χ2v) is 9.76. The zero-order chi connectivity index (χ0) is 28.4. The highest BCUT2D eigenvalue weighted by molar-refractivity contribution is 6.30. The number of halogens is 1. The number of nitrogens with one attached hydrogen (secondary N) is 2. The summed E-state index contributed by atoms with van der Waals surface area (Å²) in [5.41, 5.74) is 16.6. The Kier molecular flexibility index (Phi) is 9.99. The Morgan fingerprint density at radius 3 is 2.67 bits per heavy atom. The van der Waals surface area contributed by atoms with E-state index in [-0.39, 0.29) is 25.5 Å². The lowest BCUT2D eigenvalue weighted by atomic mass is 9.84. The first-order valence-electron chi connectivity index (χ1n) is 12.9. The van der Waals surface area contributed by atoms with Crippen molar-refractivity contribution in [2.75, 3.05) is 13.2 Å². The van der Waals surface area contributed by atoms with Crippen LogP contribution in [0.3, 0.4) is 0 Å². The molecule has 11 heteroatoms. The summed E-state index contributed by atoms with van der Waals surface area (Å²) in [4.78, 5) is 21.6. The molecule has 3 aromatic rings. The minimum atomic E-state index is -1.31. The zero-order valence-electron chi connectivity index (χ0n) is 22.1. The summed E-state index contributed by atoms with van der Waals surface area (Å²) < 4.78 is 11.8. The van der Waals surface area contributed by atoms with Crippen LogP contribution in [0.4, 0.5) is 0 Å². The Labute approximate surface area is 237 Å². The summed E-state index contributed by atoms with van der Waals surface area (Å²) >= 11 is 6.09. The van der Waals surface area contributed by atoms with Gasteiger partial charge >= 0.3 is 0 Å². The number of aliphatic imine (C=N–C) groups is 1. The van der Waals surface area contributed by atoms with Crippen molar-refractivity contribution in [3.8, 4) is 5.75 Å². The van der Waals surface area contributed by atoms with Crippen LogP contribution in [0.2, 0.25) is 5.02 Å². The average molecular weight is 563 g/mol. The van der Waals surface area contributed by atoms with Crippen molar-refractivity contribution >= 4 is 23.4 Å². The van der Waals surface area contributed by atoms with Crippen LogP contribution in [-0.4, -0.2) is 41.8 Å². The van der Waals surface area contributed by atoms with Gasteiger partial charge in [0.1, 0.15) is 11.9 Å². The molecule has 0 radical (unpaired) electrons. The van der Waals surface area contributed by atoms with Crippen LogP contribution in [0.1, 0.15) is 35.6 Å². The SMILES string of the molecule is C[C@@H]1OC(c2ccc(OCCCO)cc2)=N[C@]1(Cc1ccccc1CN=[N+]=[N-])C(=O)NNCc1cccc(Cl)c1. The summed E-state index contributed by atoms with van der Waals surface area (Å²) in [5, 5.41) is 13.3. The van der Waals surface area contributed by atoms with Crippen LogP contribution in [0.15, 0.2) is 82.9 Å². The second-order valence-electron chi connectivity index (χ2n) is 9.32. The molecule has 3 aromatic carbocycles. The molecule has 40 heavy (non-hydrogen) atoms. The molecular weight excluding hydrogens is 532 g/mol. The molecule has 1 aliphatic heterocycles. The van der Waals surface area contributed by atoms with E-state index < -0.39 is 11.6 Å². The molecule has 0 saturated heterocycles. The zero-order valence-corrected chi connectivity index (χ0v) is 22.8. The van der Waals surface area contributed by atoms with Crippen molar-refractivity contribution < 1.29 is 19.4 Å². The highest BCUT2D eigenvalue weighted by Crippen LogP contribution is 2.34. The largest absolute Gasteiger partial charge is 0.494 e. The molecule has 208 valence electrons. The lowest BCUT2D eigenvalue weighted by Crippen LogP contribution is -2.55. The maximum atomic E-state index is 13.8. The number of hydrazine groups is 1. The standard InChI is InChI=1S/C29H31ClN6O4/c1-20-29(17-23-7-2-3-8-24(23)19-33-36-31,28(38)35-32-18-21-6-4-9-25(30)16-21)34-27(40-20)22-10-12-26(13-11-22)39-15-5-14-37/h2-4,6-13,16,20,32,37H,5,14-15,17-19H2,1H3,(H,35,38)/t20-,29-/m0/s1. The van der Waals surface area contributed by atoms with E-state index in [9.17, 15) is 4.79 Å². The Balaban J connectivity index is 1.61. The molecule has 0 bridgehead atoms. The minimum absolute atomic E-state index is 0.0602. The maximum absolute atomic E-state index is 13.8. The molecular formula is C29H31ClN6O4. The summed E-state index contributed by atoms with van der Waals surface area (Å²) in [5.74, 6) is 0.636. The van der Waals surface area contributed by atoms with E-state index >= 15 is 0 Å². The molecule has 3 N–H and O–H groups in total. The summed E-state index contributed by atoms with van der Waals surface area (Å²) in [7, 11) is 0. The molecule has 0 saturated carbocycles. The number of aliphatic hydroxyl groups is 1. The quantitative estimate of drug-likeness (QED) is 0.0895. The summed E-state index contributed by atoms with van der Waals surface area (Å²) in [6, 6.07) is 22.1. The molecule has 0 fully saturated rings. The van der Waals surface area contributed by atoms with E-state index in [4.69, 9.17) is 36.7 Å². The van der Waals surface area contributed by atoms with Gasteiger partial charge in [-0.25, -0.2) is 10.4 Å². The van der Waals surface area contributed by atoms with Gasteiger partial charge in [0.2, 0.25) is 5.90 Å². The maximum Gasteiger partial charge on any atom is 0.266 e. The van der Waals surface area contributed by atoms with E-state index in [1.165, 1.54) is 0 Å². The topological polar surface area (TPSA) is 141 Å². The van der Waals surface area contributed by atoms with Gasteiger partial charge in [0, 0.05) is 41.5 Å². The molecule has 4 rings (SSSR count). The number of hydrogen-bond acceptors (Lipinski definition) is 7. The molecule has 1 heterocycles. The van der Waals surface area contributed by atoms with Gasteiger partial charge in [0.25, 0.3) is 5.91 Å². The number of nitrogens with zero attached hydrogens (tertiary/aromatic N) is 4. The third-order valence-electron chi connectivity index (χ3n) is 6.59. The van der Waals surface area contributed by atoms with Crippen molar-refractivity contribution in [2.45, 2.75) is 44.5 Å². The number of rotatable bonds is 13. The number of hydrogen-bond donors (Lipinski definition) is 3. The number of benzene rings is 3. The number of ether oxygens (including phenoxy) is 2. The Morgan fingerprint density at radius 2 is 1.95 bits per heavy atom. The molecule has 1 aliphatic rings. The van der Waals surface area contributed by atoms with Crippen molar-refractivity contribution in [3.05, 3.63) is 111 Å². The highest BCUT2D eigenvalue weighted by atomic mass is 35.5. The van der Waals surface area contributed by atoms with E-state index in [2.05, 4.69) is 20.9 Å². The van der Waals surface area contributed by atoms with Crippen molar-refractivity contribution in [1.29, 1.82) is 0 Å². The van der Waals surface area contributed by atoms with Gasteiger partial charge in [-0.2, -0.15) is 0 Å². The van der Waals surface area contributed by atoms with Crippen LogP contribution in [-0.2, 0) is 29.0 Å². The van der Waals surface area contributed by atoms with E-state index in [1.807, 2.05) is 61.5 Å². The number of aliphatic hydroxyl groups excluding tert-OH is 1. The monoisotopic (exact) mass is 562 g/mol. The molecule has 0 aromatic heterocycles.